The average Bonchev–Trinajstić information content (AvgIpc) is 3.17. The van der Waals surface area contributed by atoms with Gasteiger partial charge < -0.3 is 4.90 Å². The highest BCUT2D eigenvalue weighted by atomic mass is 32.1. The minimum atomic E-state index is 0.351. The average molecular weight is 306 g/mol. The maximum Gasteiger partial charge on any atom is 0.237 e. The number of nitrogens with zero attached hydrogens (tertiary/aromatic N) is 2. The van der Waals surface area contributed by atoms with Crippen molar-refractivity contribution < 1.29 is 4.79 Å². The minimum absolute atomic E-state index is 0.351. The quantitative estimate of drug-likeness (QED) is 0.847. The molecule has 2 fully saturated rings. The van der Waals surface area contributed by atoms with Gasteiger partial charge in [-0.15, -0.1) is 0 Å². The molecule has 3 heterocycles. The second-order valence-corrected chi connectivity index (χ2v) is 7.11. The molecular weight excluding hydrogens is 280 g/mol. The fourth-order valence-corrected chi connectivity index (χ4v) is 4.58. The fraction of sp³-hybridized carbons (Fsp3) is 0.706. The standard InChI is InChI=1S/C17H26N2OS/c1-2-15-6-3-4-10-19(15)17(20)12-18-9-5-7-16(18)14-8-11-21-13-14/h8,11,13,15-16H,2-7,9-10,12H2,1H3. The zero-order valence-corrected chi connectivity index (χ0v) is 13.8. The van der Waals surface area contributed by atoms with E-state index in [1.54, 1.807) is 11.3 Å². The monoisotopic (exact) mass is 306 g/mol. The molecule has 2 unspecified atom stereocenters. The molecule has 0 bridgehead atoms. The summed E-state index contributed by atoms with van der Waals surface area (Å²) in [6.07, 6.45) is 7.15. The lowest BCUT2D eigenvalue weighted by molar-refractivity contribution is -0.136. The van der Waals surface area contributed by atoms with Crippen LogP contribution in [0.3, 0.4) is 0 Å². The largest absolute Gasteiger partial charge is 0.339 e. The van der Waals surface area contributed by atoms with Crippen LogP contribution in [0.4, 0.5) is 0 Å². The van der Waals surface area contributed by atoms with Gasteiger partial charge in [-0.2, -0.15) is 11.3 Å². The molecule has 2 saturated heterocycles. The number of likely N-dealkylation sites (tertiary alicyclic amines) is 2. The number of amides is 1. The van der Waals surface area contributed by atoms with Gasteiger partial charge in [0.25, 0.3) is 0 Å². The van der Waals surface area contributed by atoms with E-state index >= 15 is 0 Å². The van der Waals surface area contributed by atoms with Crippen LogP contribution in [0.5, 0.6) is 0 Å². The summed E-state index contributed by atoms with van der Waals surface area (Å²) in [4.78, 5) is 17.3. The lowest BCUT2D eigenvalue weighted by atomic mass is 10.00. The van der Waals surface area contributed by atoms with E-state index < -0.39 is 0 Å². The Bertz CT molecular complexity index is 459. The summed E-state index contributed by atoms with van der Waals surface area (Å²) in [5.74, 6) is 0.351. The molecule has 1 amide bonds. The molecule has 0 N–H and O–H groups in total. The van der Waals surface area contributed by atoms with E-state index in [-0.39, 0.29) is 0 Å². The molecule has 1 aromatic rings. The first-order chi connectivity index (χ1) is 10.3. The first-order valence-corrected chi connectivity index (χ1v) is 9.29. The third-order valence-corrected chi connectivity index (χ3v) is 5.75. The van der Waals surface area contributed by atoms with Crippen molar-refractivity contribution in [3.63, 3.8) is 0 Å². The van der Waals surface area contributed by atoms with Gasteiger partial charge in [0.1, 0.15) is 0 Å². The number of carbonyl (C=O) groups excluding carboxylic acids is 1. The molecule has 0 spiro atoms. The van der Waals surface area contributed by atoms with Crippen molar-refractivity contribution in [3.05, 3.63) is 22.4 Å². The van der Waals surface area contributed by atoms with Crippen LogP contribution in [-0.2, 0) is 4.79 Å². The zero-order valence-electron chi connectivity index (χ0n) is 13.0. The Labute approximate surface area is 131 Å². The first kappa shape index (κ1) is 15.0. The second kappa shape index (κ2) is 6.93. The van der Waals surface area contributed by atoms with Crippen LogP contribution in [0.25, 0.3) is 0 Å². The van der Waals surface area contributed by atoms with Gasteiger partial charge in [-0.25, -0.2) is 0 Å². The molecule has 3 nitrogen and oxygen atoms in total. The Morgan fingerprint density at radius 3 is 2.95 bits per heavy atom. The lowest BCUT2D eigenvalue weighted by Gasteiger charge is -2.37. The highest BCUT2D eigenvalue weighted by molar-refractivity contribution is 7.07. The van der Waals surface area contributed by atoms with Crippen molar-refractivity contribution >= 4 is 17.2 Å². The van der Waals surface area contributed by atoms with Crippen molar-refractivity contribution in [2.45, 2.75) is 57.5 Å². The van der Waals surface area contributed by atoms with Crippen LogP contribution in [0.15, 0.2) is 16.8 Å². The summed E-state index contributed by atoms with van der Waals surface area (Å²) in [7, 11) is 0. The lowest BCUT2D eigenvalue weighted by Crippen LogP contribution is -2.47. The molecule has 3 rings (SSSR count). The van der Waals surface area contributed by atoms with Crippen LogP contribution < -0.4 is 0 Å². The predicted molar refractivity (Wildman–Crippen MR) is 87.5 cm³/mol. The molecule has 2 atom stereocenters. The molecule has 2 aliphatic heterocycles. The predicted octanol–water partition coefficient (Wildman–Crippen LogP) is 3.68. The number of hydrogen-bond donors (Lipinski definition) is 0. The number of carbonyl (C=O) groups is 1. The molecule has 0 aromatic carbocycles. The molecule has 0 radical (unpaired) electrons. The topological polar surface area (TPSA) is 23.6 Å². The summed E-state index contributed by atoms with van der Waals surface area (Å²) in [6, 6.07) is 3.16. The third-order valence-electron chi connectivity index (χ3n) is 5.05. The van der Waals surface area contributed by atoms with E-state index in [4.69, 9.17) is 0 Å². The van der Waals surface area contributed by atoms with Crippen molar-refractivity contribution in [2.24, 2.45) is 0 Å². The van der Waals surface area contributed by atoms with Crippen molar-refractivity contribution in [1.82, 2.24) is 9.80 Å². The minimum Gasteiger partial charge on any atom is -0.339 e. The third kappa shape index (κ3) is 3.32. The van der Waals surface area contributed by atoms with Gasteiger partial charge in [0.15, 0.2) is 0 Å². The first-order valence-electron chi connectivity index (χ1n) is 8.35. The van der Waals surface area contributed by atoms with Crippen LogP contribution >= 0.6 is 11.3 Å². The maximum absolute atomic E-state index is 12.7. The molecular formula is C17H26N2OS. The Morgan fingerprint density at radius 1 is 1.29 bits per heavy atom. The maximum atomic E-state index is 12.7. The summed E-state index contributed by atoms with van der Waals surface area (Å²) in [5.41, 5.74) is 1.40. The van der Waals surface area contributed by atoms with Crippen LogP contribution in [0, 0.1) is 0 Å². The van der Waals surface area contributed by atoms with Crippen LogP contribution in [0.2, 0.25) is 0 Å². The van der Waals surface area contributed by atoms with E-state index in [9.17, 15) is 4.79 Å². The summed E-state index contributed by atoms with van der Waals surface area (Å²) in [5, 5.41) is 4.38. The van der Waals surface area contributed by atoms with Crippen LogP contribution in [-0.4, -0.2) is 41.4 Å². The normalized spacial score (nSPS) is 27.2. The number of thiophene rings is 1. The molecule has 0 aliphatic carbocycles. The molecule has 21 heavy (non-hydrogen) atoms. The van der Waals surface area contributed by atoms with Crippen molar-refractivity contribution in [1.29, 1.82) is 0 Å². The van der Waals surface area contributed by atoms with Gasteiger partial charge >= 0.3 is 0 Å². The smallest absolute Gasteiger partial charge is 0.237 e. The Morgan fingerprint density at radius 2 is 2.19 bits per heavy atom. The molecule has 4 heteroatoms. The van der Waals surface area contributed by atoms with Crippen molar-refractivity contribution in [3.8, 4) is 0 Å². The van der Waals surface area contributed by atoms with E-state index in [0.29, 0.717) is 24.5 Å². The number of rotatable bonds is 4. The van der Waals surface area contributed by atoms with Gasteiger partial charge in [-0.1, -0.05) is 6.92 Å². The molecule has 0 saturated carbocycles. The van der Waals surface area contributed by atoms with Crippen LogP contribution in [0.1, 0.15) is 57.1 Å². The molecule has 1 aromatic heterocycles. The molecule has 116 valence electrons. The van der Waals surface area contributed by atoms with Gasteiger partial charge in [-0.05, 0) is 67.5 Å². The fourth-order valence-electron chi connectivity index (χ4n) is 3.88. The Balaban J connectivity index is 1.63. The van der Waals surface area contributed by atoms with Gasteiger partial charge in [-0.3, -0.25) is 9.69 Å². The van der Waals surface area contributed by atoms with Crippen molar-refractivity contribution in [2.75, 3.05) is 19.6 Å². The van der Waals surface area contributed by atoms with Gasteiger partial charge in [0.05, 0.1) is 6.54 Å². The summed E-state index contributed by atoms with van der Waals surface area (Å²) >= 11 is 1.76. The second-order valence-electron chi connectivity index (χ2n) is 6.33. The Kier molecular flexibility index (Phi) is 4.96. The SMILES string of the molecule is CCC1CCCCN1C(=O)CN1CCCC1c1ccsc1. The zero-order chi connectivity index (χ0) is 14.7. The van der Waals surface area contributed by atoms with E-state index in [0.717, 1.165) is 19.5 Å². The van der Waals surface area contributed by atoms with Gasteiger partial charge in [0.2, 0.25) is 5.91 Å². The van der Waals surface area contributed by atoms with Gasteiger partial charge in [0, 0.05) is 18.6 Å². The van der Waals surface area contributed by atoms with E-state index in [1.165, 1.54) is 37.7 Å². The Hall–Kier alpha value is -0.870. The van der Waals surface area contributed by atoms with E-state index in [2.05, 4.69) is 33.6 Å². The number of piperidine rings is 1. The molecule has 2 aliphatic rings. The summed E-state index contributed by atoms with van der Waals surface area (Å²) < 4.78 is 0. The highest BCUT2D eigenvalue weighted by Crippen LogP contribution is 2.33. The highest BCUT2D eigenvalue weighted by Gasteiger charge is 2.31. The number of hydrogen-bond acceptors (Lipinski definition) is 3. The van der Waals surface area contributed by atoms with E-state index in [1.807, 2.05) is 0 Å². The summed E-state index contributed by atoms with van der Waals surface area (Å²) in [6.45, 7) is 4.85.